The minimum atomic E-state index is -0.235. The van der Waals surface area contributed by atoms with Crippen molar-refractivity contribution in [3.8, 4) is 11.5 Å². The highest BCUT2D eigenvalue weighted by Gasteiger charge is 2.33. The molecule has 114 valence electrons. The molecule has 21 heavy (non-hydrogen) atoms. The molecule has 1 aromatic rings. The Bertz CT molecular complexity index is 560. The summed E-state index contributed by atoms with van der Waals surface area (Å²) in [6.07, 6.45) is 0. The van der Waals surface area contributed by atoms with Crippen molar-refractivity contribution in [2.45, 2.75) is 12.5 Å². The van der Waals surface area contributed by atoms with E-state index in [1.165, 1.54) is 0 Å². The lowest BCUT2D eigenvalue weighted by Crippen LogP contribution is -2.59. The zero-order chi connectivity index (χ0) is 14.9. The molecule has 0 bridgehead atoms. The highest BCUT2D eigenvalue weighted by atomic mass is 79.9. The van der Waals surface area contributed by atoms with Gasteiger partial charge in [-0.05, 0) is 22.9 Å². The third kappa shape index (κ3) is 3.30. The summed E-state index contributed by atoms with van der Waals surface area (Å²) in [5.41, 5.74) is 0.409. The maximum Gasteiger partial charge on any atom is 0.250 e. The Morgan fingerprint density at radius 2 is 2.05 bits per heavy atom. The van der Waals surface area contributed by atoms with Crippen LogP contribution in [0.2, 0.25) is 0 Å². The van der Waals surface area contributed by atoms with Crippen LogP contribution in [0.4, 0.5) is 5.69 Å². The van der Waals surface area contributed by atoms with Gasteiger partial charge in [-0.15, -0.1) is 0 Å². The highest BCUT2D eigenvalue weighted by molar-refractivity contribution is 9.10. The van der Waals surface area contributed by atoms with Crippen molar-refractivity contribution in [3.05, 3.63) is 16.6 Å². The minimum absolute atomic E-state index is 0.0268. The van der Waals surface area contributed by atoms with Gasteiger partial charge in [0.2, 0.25) is 5.91 Å². The second-order valence-electron chi connectivity index (χ2n) is 5.37. The molecule has 2 aliphatic rings. The van der Waals surface area contributed by atoms with E-state index in [9.17, 15) is 4.79 Å². The molecule has 1 amide bonds. The number of hydrogen-bond acceptors (Lipinski definition) is 5. The molecule has 2 N–H and O–H groups in total. The van der Waals surface area contributed by atoms with E-state index in [0.717, 1.165) is 17.6 Å². The Kier molecular flexibility index (Phi) is 4.05. The number of rotatable bonds is 4. The molecule has 0 aromatic heterocycles. The first-order valence-corrected chi connectivity index (χ1v) is 7.59. The van der Waals surface area contributed by atoms with Gasteiger partial charge in [-0.25, -0.2) is 0 Å². The van der Waals surface area contributed by atoms with E-state index < -0.39 is 0 Å². The fourth-order valence-corrected chi connectivity index (χ4v) is 2.59. The predicted octanol–water partition coefficient (Wildman–Crippen LogP) is 1.54. The summed E-state index contributed by atoms with van der Waals surface area (Å²) in [5, 5.41) is 5.94. The molecule has 3 rings (SSSR count). The lowest BCUT2D eigenvalue weighted by molar-refractivity contribution is -0.130. The van der Waals surface area contributed by atoms with Gasteiger partial charge in [0.25, 0.3) is 0 Å². The normalized spacial score (nSPS) is 18.8. The Hall–Kier alpha value is -1.31. The van der Waals surface area contributed by atoms with Crippen molar-refractivity contribution < 1.29 is 19.0 Å². The average molecular weight is 357 g/mol. The molecule has 0 atom stereocenters. The van der Waals surface area contributed by atoms with Crippen molar-refractivity contribution >= 4 is 27.5 Å². The van der Waals surface area contributed by atoms with Crippen LogP contribution in [0.1, 0.15) is 6.92 Å². The van der Waals surface area contributed by atoms with Crippen LogP contribution in [-0.4, -0.2) is 44.4 Å². The van der Waals surface area contributed by atoms with Crippen molar-refractivity contribution in [1.29, 1.82) is 0 Å². The first-order chi connectivity index (χ1) is 10.1. The standard InChI is InChI=1S/C14H17BrN2O4/c1-14(7-16-8-14)21-6-13(18)17-10-5-12-11(4-9(10)15)19-2-3-20-12/h4-5,16H,2-3,6-8H2,1H3,(H,17,18). The lowest BCUT2D eigenvalue weighted by Gasteiger charge is -2.38. The molecule has 2 heterocycles. The first-order valence-electron chi connectivity index (χ1n) is 6.79. The predicted molar refractivity (Wildman–Crippen MR) is 81.0 cm³/mol. The van der Waals surface area contributed by atoms with E-state index in [2.05, 4.69) is 26.6 Å². The van der Waals surface area contributed by atoms with E-state index in [1.54, 1.807) is 12.1 Å². The summed E-state index contributed by atoms with van der Waals surface area (Å²) in [4.78, 5) is 12.0. The number of fused-ring (bicyclic) bond motifs is 1. The maximum absolute atomic E-state index is 12.0. The van der Waals surface area contributed by atoms with E-state index in [-0.39, 0.29) is 18.1 Å². The molecule has 0 radical (unpaired) electrons. The molecule has 1 saturated heterocycles. The van der Waals surface area contributed by atoms with Gasteiger partial charge in [-0.3, -0.25) is 4.79 Å². The Labute approximate surface area is 131 Å². The van der Waals surface area contributed by atoms with Crippen LogP contribution >= 0.6 is 15.9 Å². The summed E-state index contributed by atoms with van der Waals surface area (Å²) in [5.74, 6) is 1.12. The number of hydrogen-bond donors (Lipinski definition) is 2. The van der Waals surface area contributed by atoms with Crippen LogP contribution in [0.25, 0.3) is 0 Å². The molecule has 2 aliphatic heterocycles. The molecule has 6 nitrogen and oxygen atoms in total. The van der Waals surface area contributed by atoms with Crippen molar-refractivity contribution in [3.63, 3.8) is 0 Å². The summed E-state index contributed by atoms with van der Waals surface area (Å²) in [6.45, 7) is 4.60. The van der Waals surface area contributed by atoms with Crippen LogP contribution in [0.5, 0.6) is 11.5 Å². The molecule has 7 heteroatoms. The van der Waals surface area contributed by atoms with Gasteiger partial charge in [0.1, 0.15) is 19.8 Å². The minimum Gasteiger partial charge on any atom is -0.486 e. The zero-order valence-corrected chi connectivity index (χ0v) is 13.3. The molecular formula is C14H17BrN2O4. The molecule has 0 unspecified atom stereocenters. The van der Waals surface area contributed by atoms with Gasteiger partial charge >= 0.3 is 0 Å². The van der Waals surface area contributed by atoms with E-state index >= 15 is 0 Å². The van der Waals surface area contributed by atoms with Crippen molar-refractivity contribution in [1.82, 2.24) is 5.32 Å². The van der Waals surface area contributed by atoms with Crippen LogP contribution in [0, 0.1) is 0 Å². The van der Waals surface area contributed by atoms with Gasteiger partial charge in [0, 0.05) is 29.7 Å². The van der Waals surface area contributed by atoms with Gasteiger partial charge in [0.15, 0.2) is 11.5 Å². The number of benzene rings is 1. The number of ether oxygens (including phenoxy) is 3. The molecule has 1 aromatic carbocycles. The SMILES string of the molecule is CC1(OCC(=O)Nc2cc3c(cc2Br)OCCO3)CNC1. The smallest absolute Gasteiger partial charge is 0.250 e. The molecule has 0 spiro atoms. The lowest BCUT2D eigenvalue weighted by atomic mass is 10.0. The number of carbonyl (C=O) groups is 1. The fraction of sp³-hybridized carbons (Fsp3) is 0.500. The average Bonchev–Trinajstić information content (AvgIpc) is 2.44. The van der Waals surface area contributed by atoms with Crippen LogP contribution in [-0.2, 0) is 9.53 Å². The monoisotopic (exact) mass is 356 g/mol. The third-order valence-electron chi connectivity index (χ3n) is 3.46. The number of halogens is 1. The van der Waals surface area contributed by atoms with Gasteiger partial charge in [0.05, 0.1) is 11.3 Å². The van der Waals surface area contributed by atoms with Crippen LogP contribution in [0.15, 0.2) is 16.6 Å². The van der Waals surface area contributed by atoms with Crippen molar-refractivity contribution in [2.24, 2.45) is 0 Å². The third-order valence-corrected chi connectivity index (χ3v) is 4.11. The maximum atomic E-state index is 12.0. The Morgan fingerprint density at radius 3 is 2.67 bits per heavy atom. The second kappa shape index (κ2) is 5.82. The van der Waals surface area contributed by atoms with Gasteiger partial charge < -0.3 is 24.8 Å². The van der Waals surface area contributed by atoms with Gasteiger partial charge in [-0.1, -0.05) is 0 Å². The molecule has 1 fully saturated rings. The largest absolute Gasteiger partial charge is 0.486 e. The Balaban J connectivity index is 1.62. The van der Waals surface area contributed by atoms with Crippen LogP contribution < -0.4 is 20.1 Å². The topological polar surface area (TPSA) is 68.8 Å². The highest BCUT2D eigenvalue weighted by Crippen LogP contribution is 2.38. The second-order valence-corrected chi connectivity index (χ2v) is 6.22. The van der Waals surface area contributed by atoms with Gasteiger partial charge in [-0.2, -0.15) is 0 Å². The van der Waals surface area contributed by atoms with E-state index in [1.807, 2.05) is 6.92 Å². The summed E-state index contributed by atoms with van der Waals surface area (Å²) in [7, 11) is 0. The quantitative estimate of drug-likeness (QED) is 0.856. The zero-order valence-electron chi connectivity index (χ0n) is 11.7. The Morgan fingerprint density at radius 1 is 1.38 bits per heavy atom. The molecule has 0 saturated carbocycles. The first kappa shape index (κ1) is 14.6. The van der Waals surface area contributed by atoms with E-state index in [4.69, 9.17) is 14.2 Å². The van der Waals surface area contributed by atoms with Crippen LogP contribution in [0.3, 0.4) is 0 Å². The molecule has 0 aliphatic carbocycles. The molecular weight excluding hydrogens is 340 g/mol. The summed E-state index contributed by atoms with van der Waals surface area (Å²) in [6, 6.07) is 3.55. The summed E-state index contributed by atoms with van der Waals surface area (Å²) >= 11 is 3.42. The van der Waals surface area contributed by atoms with Crippen molar-refractivity contribution in [2.75, 3.05) is 38.2 Å². The van der Waals surface area contributed by atoms with E-state index in [0.29, 0.717) is 30.4 Å². The number of anilines is 1. The number of amides is 1. The fourth-order valence-electron chi connectivity index (χ4n) is 2.16. The number of nitrogens with one attached hydrogen (secondary N) is 2. The number of carbonyl (C=O) groups excluding carboxylic acids is 1. The summed E-state index contributed by atoms with van der Waals surface area (Å²) < 4.78 is 17.3.